The van der Waals surface area contributed by atoms with Crippen molar-refractivity contribution in [3.8, 4) is 0 Å². The first-order valence-electron chi connectivity index (χ1n) is 15.5. The molecule has 0 saturated heterocycles. The van der Waals surface area contributed by atoms with Gasteiger partial charge in [0.1, 0.15) is 5.82 Å². The Morgan fingerprint density at radius 2 is 1.37 bits per heavy atom. The molecular weight excluding hydrogens is 1000 g/mol. The molecule has 0 heterocycles. The van der Waals surface area contributed by atoms with E-state index in [4.69, 9.17) is 21.3 Å². The lowest BCUT2D eigenvalue weighted by molar-refractivity contribution is -0.384. The number of halogens is 7. The monoisotopic (exact) mass is 1030 g/mol. The highest BCUT2D eigenvalue weighted by molar-refractivity contribution is 14.1. The van der Waals surface area contributed by atoms with E-state index in [1.165, 1.54) is 36.4 Å². The molecule has 2 fully saturated rings. The number of nitrogens with zero attached hydrogens (tertiary/aromatic N) is 1. The average Bonchev–Trinajstić information content (AvgIpc) is 4.04. The molecule has 0 radical (unpaired) electrons. The second kappa shape index (κ2) is 18.2. The highest BCUT2D eigenvalue weighted by atomic mass is 127. The molecule has 0 aliphatic heterocycles. The molecule has 4 N–H and O–H groups in total. The molecule has 4 aromatic rings. The van der Waals surface area contributed by atoms with Gasteiger partial charge in [-0.05, 0) is 147 Å². The number of amides is 2. The van der Waals surface area contributed by atoms with Gasteiger partial charge in [-0.25, -0.2) is 24.1 Å². The van der Waals surface area contributed by atoms with Crippen molar-refractivity contribution in [3.05, 3.63) is 116 Å². The van der Waals surface area contributed by atoms with Crippen LogP contribution in [0, 0.1) is 46.5 Å². The summed E-state index contributed by atoms with van der Waals surface area (Å²) in [6, 6.07) is 14.4. The Morgan fingerprint density at radius 1 is 0.788 bits per heavy atom. The van der Waals surface area contributed by atoms with Crippen LogP contribution in [0.1, 0.15) is 46.4 Å². The number of carbonyl (C=O) groups excluding carboxylic acids is 2. The van der Waals surface area contributed by atoms with Crippen LogP contribution in [0.4, 0.5) is 41.6 Å². The number of hydrogen-bond acceptors (Lipinski definition) is 8. The minimum atomic E-state index is -1.19. The van der Waals surface area contributed by atoms with Gasteiger partial charge in [-0.2, -0.15) is 0 Å². The van der Waals surface area contributed by atoms with Crippen molar-refractivity contribution in [3.63, 3.8) is 0 Å². The number of nitrogens with one attached hydrogen (secondary N) is 4. The molecule has 18 heteroatoms. The zero-order chi connectivity index (χ0) is 37.5. The summed E-state index contributed by atoms with van der Waals surface area (Å²) in [5, 5.41) is 16.8. The Balaban J connectivity index is 0.000000201. The Labute approximate surface area is 336 Å². The molecule has 0 bridgehead atoms. The van der Waals surface area contributed by atoms with Crippen LogP contribution >= 0.6 is 72.7 Å². The van der Waals surface area contributed by atoms with Gasteiger partial charge in [0.2, 0.25) is 0 Å². The molecule has 2 saturated carbocycles. The molecule has 0 aromatic heterocycles. The van der Waals surface area contributed by atoms with Crippen molar-refractivity contribution in [2.45, 2.75) is 25.7 Å². The summed E-state index contributed by atoms with van der Waals surface area (Å²) in [7, 11) is 0. The first kappa shape index (κ1) is 40.0. The molecule has 0 atom stereocenters. The quantitative estimate of drug-likeness (QED) is 0.0449. The van der Waals surface area contributed by atoms with Crippen LogP contribution in [0.2, 0.25) is 5.02 Å². The van der Waals surface area contributed by atoms with E-state index >= 15 is 0 Å². The maximum Gasteiger partial charge on any atom is 0.277 e. The fourth-order valence-electron chi connectivity index (χ4n) is 4.43. The summed E-state index contributed by atoms with van der Waals surface area (Å²) in [6.45, 7) is 0.815. The van der Waals surface area contributed by atoms with E-state index in [0.717, 1.165) is 29.3 Å². The molecule has 11 nitrogen and oxygen atoms in total. The molecule has 6 rings (SSSR count). The third kappa shape index (κ3) is 11.1. The zero-order valence-corrected chi connectivity index (χ0v) is 33.4. The Morgan fingerprint density at radius 3 is 1.92 bits per heavy atom. The van der Waals surface area contributed by atoms with E-state index in [1.807, 2.05) is 22.6 Å². The molecule has 0 unspecified atom stereocenters. The molecule has 52 heavy (non-hydrogen) atoms. The van der Waals surface area contributed by atoms with Crippen LogP contribution in [-0.4, -0.2) is 30.0 Å². The van der Waals surface area contributed by atoms with Gasteiger partial charge in [-0.1, -0.05) is 11.6 Å². The lowest BCUT2D eigenvalue weighted by Crippen LogP contribution is -2.26. The summed E-state index contributed by atoms with van der Waals surface area (Å²) in [4.78, 5) is 45.5. The summed E-state index contributed by atoms with van der Waals surface area (Å²) in [6.07, 6.45) is 4.27. The van der Waals surface area contributed by atoms with Gasteiger partial charge >= 0.3 is 0 Å². The summed E-state index contributed by atoms with van der Waals surface area (Å²) >= 11 is 13.1. The van der Waals surface area contributed by atoms with Gasteiger partial charge in [0.25, 0.3) is 17.5 Å². The van der Waals surface area contributed by atoms with E-state index in [1.54, 1.807) is 24.3 Å². The van der Waals surface area contributed by atoms with Gasteiger partial charge in [-0.3, -0.25) is 29.4 Å². The van der Waals surface area contributed by atoms with Crippen LogP contribution in [0.3, 0.4) is 0 Å². The van der Waals surface area contributed by atoms with Crippen molar-refractivity contribution in [1.29, 1.82) is 0 Å². The van der Waals surface area contributed by atoms with Crippen molar-refractivity contribution in [1.82, 2.24) is 11.0 Å². The van der Waals surface area contributed by atoms with E-state index in [9.17, 15) is 32.9 Å². The number of anilines is 4. The normalized spacial score (nSPS) is 13.4. The maximum atomic E-state index is 14.5. The van der Waals surface area contributed by atoms with Gasteiger partial charge < -0.3 is 10.6 Å². The third-order valence-electron chi connectivity index (χ3n) is 7.62. The maximum absolute atomic E-state index is 14.5. The van der Waals surface area contributed by atoms with Crippen molar-refractivity contribution < 1.29 is 37.4 Å². The molecule has 4 aromatic carbocycles. The smallest absolute Gasteiger partial charge is 0.277 e. The fraction of sp³-hybridized carbons (Fsp3) is 0.235. The largest absolute Gasteiger partial charge is 0.352 e. The van der Waals surface area contributed by atoms with Gasteiger partial charge in [-0.15, -0.1) is 0 Å². The number of rotatable bonds is 13. The van der Waals surface area contributed by atoms with Crippen LogP contribution in [0.5, 0.6) is 0 Å². The summed E-state index contributed by atoms with van der Waals surface area (Å²) < 4.78 is 44.0. The molecule has 2 aliphatic rings. The molecule has 2 aliphatic carbocycles. The summed E-state index contributed by atoms with van der Waals surface area (Å²) in [5.74, 6) is -3.17. The van der Waals surface area contributed by atoms with Gasteiger partial charge in [0.05, 0.1) is 61.5 Å². The highest BCUT2D eigenvalue weighted by Crippen LogP contribution is 2.35. The standard InChI is InChI=1S/C17H13BrClF2IN2O2.C17H15FIN3O4/c18-11-6-10(17(25)24-26-7-8-1-2-8)16(15(21)14(11)20)23-13-4-3-9(22)5-12(13)19;18-14-7-11(19)3-6-15(14)20-16-8-12(22(24)25)4-5-13(16)17(23)21-26-9-10-1-2-10/h3-6,8,23H,1-2,7H2,(H,24,25);3-8,10,20H,1-2,9H2,(H,21,23). The van der Waals surface area contributed by atoms with Crippen LogP contribution in [-0.2, 0) is 9.68 Å². The Hall–Kier alpha value is -3.24. The zero-order valence-electron chi connectivity index (χ0n) is 26.7. The van der Waals surface area contributed by atoms with Gasteiger partial charge in [0.15, 0.2) is 11.6 Å². The second-order valence-electron chi connectivity index (χ2n) is 11.8. The fourth-order valence-corrected chi connectivity index (χ4v) is 6.19. The first-order chi connectivity index (χ1) is 24.8. The number of non-ortho nitro benzene ring substituents is 1. The van der Waals surface area contributed by atoms with Crippen molar-refractivity contribution in [2.24, 2.45) is 11.8 Å². The number of nitro groups is 1. The molecule has 274 valence electrons. The molecular formula is C34H28BrClF3I2N5O6. The van der Waals surface area contributed by atoms with E-state index in [2.05, 4.69) is 60.1 Å². The number of benzene rings is 4. The van der Waals surface area contributed by atoms with Crippen LogP contribution in [0.25, 0.3) is 0 Å². The van der Waals surface area contributed by atoms with Crippen molar-refractivity contribution >= 4 is 113 Å². The van der Waals surface area contributed by atoms with Gasteiger partial charge in [0, 0.05) is 19.3 Å². The SMILES string of the molecule is O=C(NOCC1CC1)c1cc(Br)c(F)c(F)c1Nc1ccc(I)cc1Cl.O=C(NOCC1CC1)c1ccc([N+](=O)[O-])cc1Nc1ccc(I)cc1F. The average molecular weight is 1030 g/mol. The molecule has 0 spiro atoms. The number of hydroxylamine groups is 2. The predicted molar refractivity (Wildman–Crippen MR) is 209 cm³/mol. The number of nitro benzene ring substituents is 1. The minimum Gasteiger partial charge on any atom is -0.352 e. The molecule has 2 amide bonds. The van der Waals surface area contributed by atoms with E-state index in [-0.39, 0.29) is 38.3 Å². The van der Waals surface area contributed by atoms with Crippen molar-refractivity contribution in [2.75, 3.05) is 23.8 Å². The minimum absolute atomic E-state index is 0.110. The highest BCUT2D eigenvalue weighted by Gasteiger charge is 2.26. The lowest BCUT2D eigenvalue weighted by atomic mass is 10.1. The van der Waals surface area contributed by atoms with E-state index in [0.29, 0.717) is 39.3 Å². The van der Waals surface area contributed by atoms with Crippen LogP contribution < -0.4 is 21.6 Å². The summed E-state index contributed by atoms with van der Waals surface area (Å²) in [5.41, 5.74) is 4.64. The number of hydrogen-bond donors (Lipinski definition) is 4. The Bertz CT molecular complexity index is 2010. The van der Waals surface area contributed by atoms with Crippen LogP contribution in [0.15, 0.2) is 65.1 Å². The topological polar surface area (TPSA) is 144 Å². The third-order valence-corrected chi connectivity index (χ3v) is 9.85. The Kier molecular flexibility index (Phi) is 14.0. The predicted octanol–water partition coefficient (Wildman–Crippen LogP) is 9.95. The van der Waals surface area contributed by atoms with E-state index < -0.39 is 34.2 Å². The first-order valence-corrected chi connectivity index (χ1v) is 18.9. The second-order valence-corrected chi connectivity index (χ2v) is 15.5. The lowest BCUT2D eigenvalue weighted by Gasteiger charge is -2.15. The number of carbonyl (C=O) groups is 2.